The van der Waals surface area contributed by atoms with Crippen molar-refractivity contribution >= 4 is 11.7 Å². The van der Waals surface area contributed by atoms with Crippen LogP contribution in [0.3, 0.4) is 0 Å². The highest BCUT2D eigenvalue weighted by molar-refractivity contribution is 5.90. The van der Waals surface area contributed by atoms with Crippen LogP contribution in [0.25, 0.3) is 11.3 Å². The van der Waals surface area contributed by atoms with Crippen molar-refractivity contribution in [2.24, 2.45) is 0 Å². The maximum absolute atomic E-state index is 14.1. The van der Waals surface area contributed by atoms with Gasteiger partial charge in [-0.25, -0.2) is 9.18 Å². The zero-order valence-electron chi connectivity index (χ0n) is 13.8. The van der Waals surface area contributed by atoms with Crippen molar-refractivity contribution in [3.63, 3.8) is 0 Å². The van der Waals surface area contributed by atoms with Gasteiger partial charge in [0.15, 0.2) is 0 Å². The lowest BCUT2D eigenvalue weighted by Gasteiger charge is -2.33. The number of aliphatic hydroxyl groups is 1. The third kappa shape index (κ3) is 3.28. The highest BCUT2D eigenvalue weighted by Crippen LogP contribution is 2.29. The molecule has 2 amide bonds. The third-order valence-corrected chi connectivity index (χ3v) is 4.34. The summed E-state index contributed by atoms with van der Waals surface area (Å²) in [7, 11) is 0. The Kier molecular flexibility index (Phi) is 4.32. The van der Waals surface area contributed by atoms with Crippen LogP contribution < -0.4 is 5.32 Å². The molecule has 3 rings (SSSR count). The summed E-state index contributed by atoms with van der Waals surface area (Å²) in [6.07, 6.45) is 3.08. The van der Waals surface area contributed by atoms with Gasteiger partial charge in [0.05, 0.1) is 23.6 Å². The second kappa shape index (κ2) is 6.28. The lowest BCUT2D eigenvalue weighted by atomic mass is 9.97. The summed E-state index contributed by atoms with van der Waals surface area (Å²) in [5.41, 5.74) is -0.227. The molecule has 6 heteroatoms. The summed E-state index contributed by atoms with van der Waals surface area (Å²) in [6.45, 7) is 3.91. The SMILES string of the molecule is CC(C)(O)C1CCCN1C(=O)Nc1cc(-c2ccco2)ccc1F. The van der Waals surface area contributed by atoms with Gasteiger partial charge in [-0.15, -0.1) is 0 Å². The number of nitrogens with one attached hydrogen (secondary N) is 1. The van der Waals surface area contributed by atoms with Gasteiger partial charge in [-0.3, -0.25) is 0 Å². The molecule has 1 aromatic heterocycles. The van der Waals surface area contributed by atoms with Crippen LogP contribution in [-0.4, -0.2) is 34.2 Å². The number of urea groups is 1. The minimum absolute atomic E-state index is 0.0929. The molecule has 1 aromatic carbocycles. The number of halogens is 1. The van der Waals surface area contributed by atoms with Crippen LogP contribution in [0.4, 0.5) is 14.9 Å². The number of carbonyl (C=O) groups is 1. The van der Waals surface area contributed by atoms with Crippen molar-refractivity contribution in [2.45, 2.75) is 38.3 Å². The summed E-state index contributed by atoms with van der Waals surface area (Å²) < 4.78 is 19.4. The van der Waals surface area contributed by atoms with Crippen LogP contribution in [0, 0.1) is 5.82 Å². The fourth-order valence-electron chi connectivity index (χ4n) is 3.15. The number of hydrogen-bond acceptors (Lipinski definition) is 3. The standard InChI is InChI=1S/C18H21FN2O3/c1-18(2,23)16-6-3-9-21(16)17(22)20-14-11-12(7-8-13(14)19)15-5-4-10-24-15/h4-5,7-8,10-11,16,23H,3,6,9H2,1-2H3,(H,20,22). The van der Waals surface area contributed by atoms with Gasteiger partial charge in [-0.05, 0) is 57.0 Å². The molecule has 1 atom stereocenters. The first-order valence-electron chi connectivity index (χ1n) is 7.99. The first-order chi connectivity index (χ1) is 11.4. The summed E-state index contributed by atoms with van der Waals surface area (Å²) in [5.74, 6) is 0.0821. The minimum atomic E-state index is -0.998. The van der Waals surface area contributed by atoms with E-state index in [9.17, 15) is 14.3 Å². The Labute approximate surface area is 140 Å². The number of benzene rings is 1. The van der Waals surface area contributed by atoms with Crippen LogP contribution in [0.1, 0.15) is 26.7 Å². The molecule has 128 valence electrons. The number of anilines is 1. The Balaban J connectivity index is 1.80. The average molecular weight is 332 g/mol. The maximum Gasteiger partial charge on any atom is 0.322 e. The molecule has 0 bridgehead atoms. The monoisotopic (exact) mass is 332 g/mol. The highest BCUT2D eigenvalue weighted by Gasteiger charge is 2.38. The number of hydrogen-bond donors (Lipinski definition) is 2. The maximum atomic E-state index is 14.1. The smallest absolute Gasteiger partial charge is 0.322 e. The lowest BCUT2D eigenvalue weighted by molar-refractivity contribution is 0.0117. The largest absolute Gasteiger partial charge is 0.464 e. The van der Waals surface area contributed by atoms with Crippen molar-refractivity contribution in [1.82, 2.24) is 4.90 Å². The molecular weight excluding hydrogens is 311 g/mol. The van der Waals surface area contributed by atoms with Gasteiger partial charge in [-0.2, -0.15) is 0 Å². The molecule has 0 spiro atoms. The fraction of sp³-hybridized carbons (Fsp3) is 0.389. The first-order valence-corrected chi connectivity index (χ1v) is 7.99. The van der Waals surface area contributed by atoms with Crippen molar-refractivity contribution in [1.29, 1.82) is 0 Å². The number of carbonyl (C=O) groups excluding carboxylic acids is 1. The van der Waals surface area contributed by atoms with Crippen LogP contribution in [0.15, 0.2) is 41.0 Å². The second-order valence-corrected chi connectivity index (χ2v) is 6.61. The topological polar surface area (TPSA) is 65.7 Å². The number of likely N-dealkylation sites (tertiary alicyclic amines) is 1. The Bertz CT molecular complexity index is 722. The summed E-state index contributed by atoms with van der Waals surface area (Å²) in [5, 5.41) is 12.8. The molecule has 0 radical (unpaired) electrons. The Hall–Kier alpha value is -2.34. The average Bonchev–Trinajstić information content (AvgIpc) is 3.20. The molecule has 0 saturated carbocycles. The highest BCUT2D eigenvalue weighted by atomic mass is 19.1. The number of furan rings is 1. The Morgan fingerprint density at radius 3 is 2.88 bits per heavy atom. The van der Waals surface area contributed by atoms with Crippen LogP contribution in [0.5, 0.6) is 0 Å². The lowest BCUT2D eigenvalue weighted by Crippen LogP contribution is -2.49. The number of amides is 2. The van der Waals surface area contributed by atoms with Gasteiger partial charge < -0.3 is 19.7 Å². The van der Waals surface area contributed by atoms with Crippen LogP contribution in [0.2, 0.25) is 0 Å². The van der Waals surface area contributed by atoms with Gasteiger partial charge >= 0.3 is 6.03 Å². The van der Waals surface area contributed by atoms with E-state index in [2.05, 4.69) is 5.32 Å². The predicted molar refractivity (Wildman–Crippen MR) is 89.1 cm³/mol. The van der Waals surface area contributed by atoms with E-state index < -0.39 is 17.4 Å². The van der Waals surface area contributed by atoms with E-state index in [-0.39, 0.29) is 11.7 Å². The summed E-state index contributed by atoms with van der Waals surface area (Å²) in [6, 6.07) is 7.26. The molecule has 1 fully saturated rings. The quantitative estimate of drug-likeness (QED) is 0.897. The summed E-state index contributed by atoms with van der Waals surface area (Å²) in [4.78, 5) is 14.1. The van der Waals surface area contributed by atoms with E-state index in [1.165, 1.54) is 12.3 Å². The molecule has 1 unspecified atom stereocenters. The Morgan fingerprint density at radius 1 is 1.42 bits per heavy atom. The van der Waals surface area contributed by atoms with Crippen LogP contribution in [-0.2, 0) is 0 Å². The third-order valence-electron chi connectivity index (χ3n) is 4.34. The van der Waals surface area contributed by atoms with Gasteiger partial charge in [0.25, 0.3) is 0 Å². The normalized spacial score (nSPS) is 18.0. The molecule has 1 aliphatic heterocycles. The fourth-order valence-corrected chi connectivity index (χ4v) is 3.15. The molecule has 0 aliphatic carbocycles. The zero-order chi connectivity index (χ0) is 17.3. The molecule has 1 aliphatic rings. The Morgan fingerprint density at radius 2 is 2.21 bits per heavy atom. The second-order valence-electron chi connectivity index (χ2n) is 6.61. The molecule has 2 N–H and O–H groups in total. The van der Waals surface area contributed by atoms with Crippen molar-refractivity contribution in [2.75, 3.05) is 11.9 Å². The molecule has 24 heavy (non-hydrogen) atoms. The van der Waals surface area contributed by atoms with Gasteiger partial charge in [0, 0.05) is 12.1 Å². The molecule has 5 nitrogen and oxygen atoms in total. The zero-order valence-corrected chi connectivity index (χ0v) is 13.8. The number of rotatable bonds is 3. The van der Waals surface area contributed by atoms with Gasteiger partial charge in [0.1, 0.15) is 11.6 Å². The molecule has 1 saturated heterocycles. The van der Waals surface area contributed by atoms with E-state index >= 15 is 0 Å². The molecular formula is C18H21FN2O3. The van der Waals surface area contributed by atoms with E-state index in [4.69, 9.17) is 4.42 Å². The van der Waals surface area contributed by atoms with E-state index in [0.29, 0.717) is 17.9 Å². The van der Waals surface area contributed by atoms with Crippen molar-refractivity contribution in [3.8, 4) is 11.3 Å². The van der Waals surface area contributed by atoms with E-state index in [1.54, 1.807) is 43.0 Å². The van der Waals surface area contributed by atoms with Gasteiger partial charge in [0.2, 0.25) is 0 Å². The predicted octanol–water partition coefficient (Wildman–Crippen LogP) is 3.85. The molecule has 2 heterocycles. The number of nitrogens with zero attached hydrogens (tertiary/aromatic N) is 1. The first kappa shape index (κ1) is 16.5. The van der Waals surface area contributed by atoms with E-state index in [1.807, 2.05) is 0 Å². The van der Waals surface area contributed by atoms with Crippen LogP contribution >= 0.6 is 0 Å². The van der Waals surface area contributed by atoms with Gasteiger partial charge in [-0.1, -0.05) is 0 Å². The molecule has 2 aromatic rings. The minimum Gasteiger partial charge on any atom is -0.464 e. The van der Waals surface area contributed by atoms with E-state index in [0.717, 1.165) is 12.8 Å². The summed E-state index contributed by atoms with van der Waals surface area (Å²) >= 11 is 0. The van der Waals surface area contributed by atoms with Crippen molar-refractivity contribution in [3.05, 3.63) is 42.4 Å². The van der Waals surface area contributed by atoms with Crippen molar-refractivity contribution < 1.29 is 18.7 Å².